The first-order chi connectivity index (χ1) is 17.8. The van der Waals surface area contributed by atoms with E-state index in [1.54, 1.807) is 14.1 Å². The van der Waals surface area contributed by atoms with Crippen molar-refractivity contribution >= 4 is 23.5 Å². The van der Waals surface area contributed by atoms with E-state index in [1.165, 1.54) is 24.2 Å². The quantitative estimate of drug-likeness (QED) is 0.196. The topological polar surface area (TPSA) is 134 Å². The molecule has 3 amide bonds. The standard InChI is InChI=1S/C28H45N5O4/c1-33(2)25(34)17-16-24(30-19-21-11-5-3-6-12-21)27(36)32-23(15-9-10-18-29)26(35)28(37)31-20-22-13-7-4-8-14-22/h4,7-8,13-14,21,23-24,30H,3,5-6,9-12,15-20,29H2,1-2H3,(H,31,37)(H,32,36)/t23?,24-/m0/s1. The van der Waals surface area contributed by atoms with Crippen LogP contribution in [0.25, 0.3) is 0 Å². The first-order valence-electron chi connectivity index (χ1n) is 13.6. The molecule has 5 N–H and O–H groups in total. The number of carbonyl (C=O) groups is 4. The molecule has 0 aliphatic heterocycles. The van der Waals surface area contributed by atoms with Crippen LogP contribution < -0.4 is 21.7 Å². The normalized spacial score (nSPS) is 15.4. The van der Waals surface area contributed by atoms with Crippen LogP contribution in [0.5, 0.6) is 0 Å². The number of ketones is 1. The van der Waals surface area contributed by atoms with Gasteiger partial charge >= 0.3 is 0 Å². The van der Waals surface area contributed by atoms with E-state index in [0.29, 0.717) is 44.7 Å². The van der Waals surface area contributed by atoms with E-state index in [-0.39, 0.29) is 24.8 Å². The fraction of sp³-hybridized carbons (Fsp3) is 0.643. The Morgan fingerprint density at radius 3 is 2.32 bits per heavy atom. The van der Waals surface area contributed by atoms with Gasteiger partial charge in [-0.15, -0.1) is 0 Å². The van der Waals surface area contributed by atoms with Gasteiger partial charge < -0.3 is 26.6 Å². The van der Waals surface area contributed by atoms with Crippen molar-refractivity contribution in [2.45, 2.75) is 82.8 Å². The van der Waals surface area contributed by atoms with Gasteiger partial charge in [-0.25, -0.2) is 0 Å². The van der Waals surface area contributed by atoms with E-state index >= 15 is 0 Å². The van der Waals surface area contributed by atoms with Crippen LogP contribution in [0.15, 0.2) is 30.3 Å². The van der Waals surface area contributed by atoms with Gasteiger partial charge in [0, 0.05) is 27.1 Å². The van der Waals surface area contributed by atoms with Crippen LogP contribution in [0.4, 0.5) is 0 Å². The van der Waals surface area contributed by atoms with Gasteiger partial charge in [0.15, 0.2) is 0 Å². The largest absolute Gasteiger partial charge is 0.349 e. The Hall–Kier alpha value is -2.78. The zero-order valence-electron chi connectivity index (χ0n) is 22.5. The van der Waals surface area contributed by atoms with Gasteiger partial charge in [0.25, 0.3) is 5.91 Å². The van der Waals surface area contributed by atoms with Crippen molar-refractivity contribution in [1.82, 2.24) is 20.9 Å². The van der Waals surface area contributed by atoms with Gasteiger partial charge in [-0.2, -0.15) is 0 Å². The number of carbonyl (C=O) groups excluding carboxylic acids is 4. The minimum atomic E-state index is -0.946. The molecule has 1 aromatic carbocycles. The molecule has 2 atom stereocenters. The molecule has 0 radical (unpaired) electrons. The van der Waals surface area contributed by atoms with Crippen LogP contribution in [0.3, 0.4) is 0 Å². The summed E-state index contributed by atoms with van der Waals surface area (Å²) in [7, 11) is 3.38. The summed E-state index contributed by atoms with van der Waals surface area (Å²) in [6, 6.07) is 7.76. The number of hydrogen-bond donors (Lipinski definition) is 4. The highest BCUT2D eigenvalue weighted by Crippen LogP contribution is 2.23. The van der Waals surface area contributed by atoms with Gasteiger partial charge in [-0.1, -0.05) is 49.6 Å². The van der Waals surface area contributed by atoms with Crippen molar-refractivity contribution in [2.24, 2.45) is 11.7 Å². The average Bonchev–Trinajstić information content (AvgIpc) is 2.91. The third-order valence-corrected chi connectivity index (χ3v) is 6.94. The molecule has 0 heterocycles. The SMILES string of the molecule is CN(C)C(=O)CC[C@H](NCC1CCCCC1)C(=O)NC(CCCCN)C(=O)C(=O)NCc1ccccc1. The Morgan fingerprint density at radius 1 is 0.973 bits per heavy atom. The molecule has 1 fully saturated rings. The number of nitrogens with one attached hydrogen (secondary N) is 3. The first-order valence-corrected chi connectivity index (χ1v) is 13.6. The summed E-state index contributed by atoms with van der Waals surface area (Å²) in [5, 5.41) is 8.84. The summed E-state index contributed by atoms with van der Waals surface area (Å²) in [6.45, 7) is 1.39. The summed E-state index contributed by atoms with van der Waals surface area (Å²) in [6.07, 6.45) is 8.04. The lowest BCUT2D eigenvalue weighted by molar-refractivity contribution is -0.140. The molecule has 1 unspecified atom stereocenters. The van der Waals surface area contributed by atoms with E-state index in [0.717, 1.165) is 18.4 Å². The Labute approximate surface area is 221 Å². The third kappa shape index (κ3) is 11.4. The third-order valence-electron chi connectivity index (χ3n) is 6.94. The highest BCUT2D eigenvalue weighted by atomic mass is 16.2. The van der Waals surface area contributed by atoms with Crippen molar-refractivity contribution in [3.8, 4) is 0 Å². The summed E-state index contributed by atoms with van der Waals surface area (Å²) in [5.74, 6) is -1.31. The minimum Gasteiger partial charge on any atom is -0.349 e. The molecule has 1 saturated carbocycles. The first kappa shape index (κ1) is 30.4. The van der Waals surface area contributed by atoms with Gasteiger partial charge in [0.1, 0.15) is 0 Å². The Balaban J connectivity index is 2.04. The lowest BCUT2D eigenvalue weighted by Gasteiger charge is -2.27. The molecule has 2 rings (SSSR count). The fourth-order valence-electron chi connectivity index (χ4n) is 4.57. The fourth-order valence-corrected chi connectivity index (χ4v) is 4.57. The molecule has 9 heteroatoms. The molecule has 0 bridgehead atoms. The maximum Gasteiger partial charge on any atom is 0.289 e. The number of nitrogens with two attached hydrogens (primary N) is 1. The summed E-state index contributed by atoms with van der Waals surface area (Å²) in [4.78, 5) is 52.8. The number of Topliss-reactive ketones (excluding diaryl/α,β-unsaturated/α-hetero) is 1. The molecule has 0 saturated heterocycles. The van der Waals surface area contributed by atoms with Crippen LogP contribution in [0.1, 0.15) is 69.8 Å². The predicted octanol–water partition coefficient (Wildman–Crippen LogP) is 1.89. The lowest BCUT2D eigenvalue weighted by Crippen LogP contribution is -2.53. The molecule has 0 spiro atoms. The number of unbranched alkanes of at least 4 members (excludes halogenated alkanes) is 1. The van der Waals surface area contributed by atoms with Gasteiger partial charge in [0.05, 0.1) is 12.1 Å². The lowest BCUT2D eigenvalue weighted by atomic mass is 9.89. The van der Waals surface area contributed by atoms with E-state index in [4.69, 9.17) is 5.73 Å². The number of amides is 3. The molecular formula is C28H45N5O4. The Bertz CT molecular complexity index is 855. The summed E-state index contributed by atoms with van der Waals surface area (Å²) < 4.78 is 0. The van der Waals surface area contributed by atoms with Gasteiger partial charge in [-0.05, 0) is 63.1 Å². The second-order valence-corrected chi connectivity index (χ2v) is 10.2. The molecule has 1 aliphatic rings. The Kier molecular flexibility index (Phi) is 13.9. The van der Waals surface area contributed by atoms with Gasteiger partial charge in [0.2, 0.25) is 17.6 Å². The maximum absolute atomic E-state index is 13.3. The van der Waals surface area contributed by atoms with Crippen LogP contribution in [-0.4, -0.2) is 67.7 Å². The molecule has 1 aliphatic carbocycles. The van der Waals surface area contributed by atoms with Crippen molar-refractivity contribution in [1.29, 1.82) is 0 Å². The van der Waals surface area contributed by atoms with E-state index < -0.39 is 23.8 Å². The van der Waals surface area contributed by atoms with Crippen molar-refractivity contribution in [3.63, 3.8) is 0 Å². The average molecular weight is 516 g/mol. The number of benzene rings is 1. The van der Waals surface area contributed by atoms with E-state index in [2.05, 4.69) is 16.0 Å². The molecule has 37 heavy (non-hydrogen) atoms. The van der Waals surface area contributed by atoms with Gasteiger partial charge in [-0.3, -0.25) is 19.2 Å². The second-order valence-electron chi connectivity index (χ2n) is 10.2. The zero-order chi connectivity index (χ0) is 27.0. The Morgan fingerprint density at radius 2 is 1.68 bits per heavy atom. The monoisotopic (exact) mass is 515 g/mol. The predicted molar refractivity (Wildman–Crippen MR) is 144 cm³/mol. The molecular weight excluding hydrogens is 470 g/mol. The second kappa shape index (κ2) is 16.9. The zero-order valence-corrected chi connectivity index (χ0v) is 22.5. The van der Waals surface area contributed by atoms with Crippen molar-refractivity contribution in [2.75, 3.05) is 27.2 Å². The highest BCUT2D eigenvalue weighted by molar-refractivity contribution is 6.38. The molecule has 206 valence electrons. The van der Waals surface area contributed by atoms with Crippen LogP contribution >= 0.6 is 0 Å². The number of hydrogen-bond acceptors (Lipinski definition) is 6. The molecule has 1 aromatic rings. The molecule has 0 aromatic heterocycles. The number of rotatable bonds is 16. The van der Waals surface area contributed by atoms with Crippen LogP contribution in [-0.2, 0) is 25.7 Å². The van der Waals surface area contributed by atoms with Crippen molar-refractivity contribution < 1.29 is 19.2 Å². The van der Waals surface area contributed by atoms with Crippen LogP contribution in [0, 0.1) is 5.92 Å². The van der Waals surface area contributed by atoms with E-state index in [9.17, 15) is 19.2 Å². The van der Waals surface area contributed by atoms with Crippen molar-refractivity contribution in [3.05, 3.63) is 35.9 Å². The summed E-state index contributed by atoms with van der Waals surface area (Å²) in [5.41, 5.74) is 6.50. The highest BCUT2D eigenvalue weighted by Gasteiger charge is 2.30. The van der Waals surface area contributed by atoms with Crippen LogP contribution in [0.2, 0.25) is 0 Å². The minimum absolute atomic E-state index is 0.0619. The van der Waals surface area contributed by atoms with E-state index in [1.807, 2.05) is 30.3 Å². The summed E-state index contributed by atoms with van der Waals surface area (Å²) >= 11 is 0. The maximum atomic E-state index is 13.3. The molecule has 9 nitrogen and oxygen atoms in total. The number of nitrogens with zero attached hydrogens (tertiary/aromatic N) is 1. The smallest absolute Gasteiger partial charge is 0.289 e.